The molecule has 0 saturated carbocycles. The van der Waals surface area contributed by atoms with Crippen LogP contribution in [-0.4, -0.2) is 82.4 Å². The van der Waals surface area contributed by atoms with Crippen LogP contribution in [0.2, 0.25) is 0 Å². The molecule has 54 heavy (non-hydrogen) atoms. The molecule has 0 aliphatic rings. The molecule has 4 heterocycles. The van der Waals surface area contributed by atoms with Gasteiger partial charge in [-0.1, -0.05) is 24.3 Å². The molecular weight excluding hydrogens is 1070 g/mol. The van der Waals surface area contributed by atoms with Gasteiger partial charge in [-0.25, -0.2) is 0 Å². The van der Waals surface area contributed by atoms with Crippen LogP contribution < -0.4 is 16.9 Å². The van der Waals surface area contributed by atoms with Crippen molar-refractivity contribution in [2.24, 2.45) is 0 Å². The molecule has 2 unspecified atom stereocenters. The summed E-state index contributed by atoms with van der Waals surface area (Å²) < 4.78 is 122. The Balaban J connectivity index is 0.000000356. The number of benzene rings is 2. The molecule has 4 aromatic heterocycles. The van der Waals surface area contributed by atoms with Crippen LogP contribution >= 0.6 is 0 Å². The molecule has 0 fully saturated rings. The first-order valence-corrected chi connectivity index (χ1v) is 23.7. The van der Waals surface area contributed by atoms with Crippen molar-refractivity contribution in [2.45, 2.75) is 9.79 Å². The van der Waals surface area contributed by atoms with Gasteiger partial charge in [-0.15, -0.1) is 0 Å². The van der Waals surface area contributed by atoms with E-state index in [9.17, 15) is 41.6 Å². The van der Waals surface area contributed by atoms with Crippen molar-refractivity contribution in [3.63, 3.8) is 0 Å². The first-order valence-electron chi connectivity index (χ1n) is 14.2. The molecule has 0 bridgehead atoms. The van der Waals surface area contributed by atoms with Crippen molar-refractivity contribution >= 4 is 57.3 Å². The molecule has 6 aromatic rings. The molecule has 0 aliphatic carbocycles. The quantitative estimate of drug-likeness (QED) is 0.154. The molecule has 272 valence electrons. The van der Waals surface area contributed by atoms with Crippen molar-refractivity contribution in [1.82, 2.24) is 19.9 Å². The minimum atomic E-state index is -5.61. The molecule has 0 aliphatic heterocycles. The number of pyridine rings is 4. The second-order valence-corrected chi connectivity index (χ2v) is 18.8. The average molecular weight is 1100 g/mol. The van der Waals surface area contributed by atoms with Gasteiger partial charge in [-0.3, -0.25) is 19.9 Å². The minimum absolute atomic E-state index is 0. The van der Waals surface area contributed by atoms with Crippen LogP contribution in [0.3, 0.4) is 0 Å². The molecule has 22 heteroatoms. The van der Waals surface area contributed by atoms with E-state index in [1.165, 1.54) is 24.3 Å². The van der Waals surface area contributed by atoms with Crippen molar-refractivity contribution in [3.05, 3.63) is 146 Å². The summed E-state index contributed by atoms with van der Waals surface area (Å²) >= 11 is -11.2. The maximum atomic E-state index is 10.7. The molecule has 2 aromatic carbocycles. The van der Waals surface area contributed by atoms with E-state index < -0.39 is 67.1 Å². The average Bonchev–Trinajstić information content (AvgIpc) is 3.13. The number of aromatic nitrogens is 4. The summed E-state index contributed by atoms with van der Waals surface area (Å²) in [4.78, 5) is 14.9. The first-order chi connectivity index (χ1) is 24.4. The molecule has 2 atom stereocenters. The van der Waals surface area contributed by atoms with Crippen molar-refractivity contribution in [1.29, 1.82) is 0 Å². The summed E-state index contributed by atoms with van der Waals surface area (Å²) in [6.07, 6.45) is 7.07. The second kappa shape index (κ2) is 22.7. The third-order valence-electron chi connectivity index (χ3n) is 6.06. The van der Waals surface area contributed by atoms with Crippen LogP contribution in [-0.2, 0) is 82.3 Å². The van der Waals surface area contributed by atoms with E-state index in [-0.39, 0.29) is 54.6 Å². The largest absolute Gasteiger partial charge is 2.00 e. The molecule has 0 spiro atoms. The predicted octanol–water partition coefficient (Wildman–Crippen LogP) is -0.678. The maximum Gasteiger partial charge on any atom is 2.00 e. The summed E-state index contributed by atoms with van der Waals surface area (Å²) in [6.45, 7) is 0. The van der Waals surface area contributed by atoms with E-state index >= 15 is 0 Å². The fourth-order valence-electron chi connectivity index (χ4n) is 3.86. The molecule has 2 N–H and O–H groups in total. The van der Waals surface area contributed by atoms with Gasteiger partial charge < -0.3 is 0 Å². The smallest absolute Gasteiger partial charge is 0.255 e. The Morgan fingerprint density at radius 1 is 0.426 bits per heavy atom. The zero-order chi connectivity index (χ0) is 38.4. The number of nitrogens with zero attached hydrogens (tertiary/aromatic N) is 4. The van der Waals surface area contributed by atoms with Crippen LogP contribution in [0.15, 0.2) is 156 Å². The van der Waals surface area contributed by atoms with Crippen molar-refractivity contribution < 1.29 is 104 Å². The molecule has 16 nitrogen and oxygen atoms in total. The zero-order valence-corrected chi connectivity index (χ0v) is 41.2. The summed E-state index contributed by atoms with van der Waals surface area (Å²) in [7, 11) is -9.77. The Morgan fingerprint density at radius 3 is 0.815 bits per heavy atom. The van der Waals surface area contributed by atoms with Crippen molar-refractivity contribution in [3.8, 4) is 22.8 Å². The summed E-state index contributed by atoms with van der Waals surface area (Å²) in [5.41, 5.74) is 3.66. The summed E-state index contributed by atoms with van der Waals surface area (Å²) in [5.74, 6) is 0. The monoisotopic (exact) mass is 1100 g/mol. The van der Waals surface area contributed by atoms with Gasteiger partial charge in [0.05, 0.1) is 22.8 Å². The molecular formula is C32H26As2Cd2N4O12S2. The van der Waals surface area contributed by atoms with Gasteiger partial charge in [0, 0.05) is 24.8 Å². The number of hydrogen-bond donors (Lipinski definition) is 2. The number of rotatable bonds is 6. The Labute approximate surface area is 356 Å². The molecule has 0 saturated heterocycles. The van der Waals surface area contributed by atoms with Crippen LogP contribution in [0.1, 0.15) is 0 Å². The fourth-order valence-corrected chi connectivity index (χ4v) is 10.2. The van der Waals surface area contributed by atoms with Gasteiger partial charge >= 0.3 is 220 Å². The van der Waals surface area contributed by atoms with E-state index in [2.05, 4.69) is 19.9 Å². The van der Waals surface area contributed by atoms with Crippen molar-refractivity contribution in [2.75, 3.05) is 0 Å². The van der Waals surface area contributed by atoms with E-state index in [0.717, 1.165) is 47.0 Å². The van der Waals surface area contributed by atoms with Gasteiger partial charge in [-0.05, 0) is 48.5 Å². The standard InChI is InChI=1S/2C10H8N2.2C6H7AsO6S.2Cd/c2*1-3-7-11-9(5-1)10-6-2-4-8-12-10;2*8-7(9,10)5-3-1-2-4-6(5)14(11,12)13;;/h2*1-8H;2*1-4H,(H2,8,9,10)(H,11,12,13);;/q;;;;2*+2/p-4. The SMILES string of the molecule is O=S(=O)([O-])c1ccccc1[As](=O)([O-])O.O=S(=O)([O-])c1ccccc1[As](=O)([O-])O.[Cd+2].[Cd+2].c1ccc(-c2ccccn2)nc1.c1ccc(-c2ccccn2)nc1. The Morgan fingerprint density at radius 2 is 0.648 bits per heavy atom. The maximum absolute atomic E-state index is 10.7. The fraction of sp³-hybridized carbons (Fsp3) is 0. The van der Waals surface area contributed by atoms with Crippen LogP contribution in [0.4, 0.5) is 0 Å². The van der Waals surface area contributed by atoms with Crippen LogP contribution in [0, 0.1) is 0 Å². The van der Waals surface area contributed by atoms with Crippen LogP contribution in [0.5, 0.6) is 0 Å². The zero-order valence-electron chi connectivity index (χ0n) is 27.7. The van der Waals surface area contributed by atoms with E-state index in [0.29, 0.717) is 0 Å². The third-order valence-corrected chi connectivity index (χ3v) is 12.7. The predicted molar refractivity (Wildman–Crippen MR) is 180 cm³/mol. The van der Waals surface area contributed by atoms with Gasteiger partial charge in [0.25, 0.3) is 0 Å². The molecule has 0 amide bonds. The normalized spacial score (nSPS) is 12.7. The first kappa shape index (κ1) is 49.3. The van der Waals surface area contributed by atoms with Crippen LogP contribution in [0.25, 0.3) is 22.8 Å². The minimum Gasteiger partial charge on any atom is -0.255 e. The van der Waals surface area contributed by atoms with E-state index in [4.69, 9.17) is 8.19 Å². The summed E-state index contributed by atoms with van der Waals surface area (Å²) in [6, 6.07) is 31.4. The third kappa shape index (κ3) is 16.6. The molecule has 0 radical (unpaired) electrons. The van der Waals surface area contributed by atoms with E-state index in [1.54, 1.807) is 24.8 Å². The second-order valence-electron chi connectivity index (χ2n) is 9.74. The van der Waals surface area contributed by atoms with Gasteiger partial charge in [0.1, 0.15) is 0 Å². The molecule has 6 rings (SSSR count). The van der Waals surface area contributed by atoms with Gasteiger partial charge in [-0.2, -0.15) is 0 Å². The van der Waals surface area contributed by atoms with E-state index in [1.807, 2.05) is 72.8 Å². The Hall–Kier alpha value is -2.74. The Kier molecular flexibility index (Phi) is 20.7. The summed E-state index contributed by atoms with van der Waals surface area (Å²) in [5, 5.41) is 0. The van der Waals surface area contributed by atoms with Gasteiger partial charge in [0.15, 0.2) is 0 Å². The topological polar surface area (TPSA) is 287 Å². The Bertz CT molecular complexity index is 2120. The number of hydrogen-bond acceptors (Lipinski definition) is 14. The van der Waals surface area contributed by atoms with Gasteiger partial charge in [0.2, 0.25) is 0 Å².